The Morgan fingerprint density at radius 1 is 1.20 bits per heavy atom. The third kappa shape index (κ3) is 3.39. The van der Waals surface area contributed by atoms with Crippen LogP contribution in [0.1, 0.15) is 31.2 Å². The van der Waals surface area contributed by atoms with Crippen LogP contribution in [0, 0.1) is 2.88 Å². The van der Waals surface area contributed by atoms with E-state index in [4.69, 9.17) is 0 Å². The Hall–Kier alpha value is -0.540. The van der Waals surface area contributed by atoms with E-state index in [9.17, 15) is 13.2 Å². The number of alkyl halides is 3. The summed E-state index contributed by atoms with van der Waals surface area (Å²) in [7, 11) is 0. The molecule has 3 heterocycles. The number of thiophene rings is 1. The van der Waals surface area contributed by atoms with Gasteiger partial charge in [-0.1, -0.05) is 12.1 Å². The van der Waals surface area contributed by atoms with Gasteiger partial charge in [0, 0.05) is 12.1 Å². The lowest BCUT2D eigenvalue weighted by Crippen LogP contribution is -2.44. The van der Waals surface area contributed by atoms with E-state index in [2.05, 4.69) is 10.2 Å². The van der Waals surface area contributed by atoms with Crippen LogP contribution in [0.25, 0.3) is 10.1 Å². The molecule has 0 aliphatic carbocycles. The summed E-state index contributed by atoms with van der Waals surface area (Å²) in [4.78, 5) is 2.59. The monoisotopic (exact) mass is 480 g/mol. The molecule has 0 amide bonds. The Morgan fingerprint density at radius 3 is 2.60 bits per heavy atom. The Kier molecular flexibility index (Phi) is 4.69. The average Bonchev–Trinajstić information content (AvgIpc) is 3.18. The van der Waals surface area contributed by atoms with Crippen molar-refractivity contribution in [2.75, 3.05) is 25.0 Å². The maximum atomic E-state index is 12.9. The van der Waals surface area contributed by atoms with Gasteiger partial charge >= 0.3 is 6.18 Å². The van der Waals surface area contributed by atoms with Crippen molar-refractivity contribution in [3.63, 3.8) is 0 Å². The largest absolute Gasteiger partial charge is 0.393 e. The molecular weight excluding hydrogens is 460 g/mol. The van der Waals surface area contributed by atoms with Gasteiger partial charge in [-0.05, 0) is 78.4 Å². The first-order chi connectivity index (χ1) is 11.9. The Morgan fingerprint density at radius 2 is 1.92 bits per heavy atom. The van der Waals surface area contributed by atoms with Crippen LogP contribution in [0.15, 0.2) is 18.2 Å². The van der Waals surface area contributed by atoms with Gasteiger partial charge in [0.05, 0.1) is 19.7 Å². The molecule has 2 aliphatic rings. The third-order valence-electron chi connectivity index (χ3n) is 5.57. The first kappa shape index (κ1) is 17.9. The van der Waals surface area contributed by atoms with Crippen molar-refractivity contribution in [1.82, 2.24) is 4.90 Å². The summed E-state index contributed by atoms with van der Waals surface area (Å²) in [6, 6.07) is 5.68. The fourth-order valence-electron chi connectivity index (χ4n) is 4.42. The molecule has 0 unspecified atom stereocenters. The Balaban J connectivity index is 1.61. The minimum Gasteiger partial charge on any atom is -0.382 e. The molecule has 1 N–H and O–H groups in total. The van der Waals surface area contributed by atoms with Crippen molar-refractivity contribution < 1.29 is 13.2 Å². The molecule has 136 valence electrons. The van der Waals surface area contributed by atoms with Crippen LogP contribution in [0.2, 0.25) is 0 Å². The number of hydrogen-bond donors (Lipinski definition) is 1. The van der Waals surface area contributed by atoms with E-state index in [0.29, 0.717) is 5.56 Å². The molecule has 1 aromatic carbocycles. The zero-order valence-corrected chi connectivity index (χ0v) is 16.7. The first-order valence-electron chi connectivity index (χ1n) is 8.64. The van der Waals surface area contributed by atoms with Crippen molar-refractivity contribution in [3.05, 3.63) is 26.6 Å². The standard InChI is InChI=1S/C18H20F3IN2S/c19-18(20,21)10-13-12-4-1-5-14(15(12)25-16(13)22)23-11-17-6-2-8-24(17)9-3-7-17/h1,4-5,23H,2-3,6-11H2. The number of rotatable bonds is 4. The maximum Gasteiger partial charge on any atom is 0.393 e. The molecule has 0 atom stereocenters. The quantitative estimate of drug-likeness (QED) is 0.569. The highest BCUT2D eigenvalue weighted by atomic mass is 127. The van der Waals surface area contributed by atoms with Gasteiger partial charge < -0.3 is 5.32 Å². The number of hydrogen-bond acceptors (Lipinski definition) is 3. The van der Waals surface area contributed by atoms with Gasteiger partial charge in [0.2, 0.25) is 0 Å². The molecule has 2 saturated heterocycles. The highest BCUT2D eigenvalue weighted by Crippen LogP contribution is 2.42. The SMILES string of the molecule is FC(F)(F)Cc1c(I)sc2c(NCC34CCCN3CCC4)cccc12. The van der Waals surface area contributed by atoms with Crippen LogP contribution in [-0.4, -0.2) is 36.2 Å². The normalized spacial score (nSPS) is 20.3. The molecule has 2 nitrogen and oxygen atoms in total. The lowest BCUT2D eigenvalue weighted by Gasteiger charge is -2.32. The Labute approximate surface area is 162 Å². The van der Waals surface area contributed by atoms with Gasteiger partial charge in [0.15, 0.2) is 0 Å². The molecule has 7 heteroatoms. The summed E-state index contributed by atoms with van der Waals surface area (Å²) < 4.78 is 40.4. The number of fused-ring (bicyclic) bond motifs is 2. The fraction of sp³-hybridized carbons (Fsp3) is 0.556. The zero-order valence-electron chi connectivity index (χ0n) is 13.8. The molecule has 2 fully saturated rings. The third-order valence-corrected chi connectivity index (χ3v) is 7.95. The van der Waals surface area contributed by atoms with Crippen LogP contribution >= 0.6 is 33.9 Å². The van der Waals surface area contributed by atoms with E-state index in [1.807, 2.05) is 40.8 Å². The van der Waals surface area contributed by atoms with Gasteiger partial charge in [-0.15, -0.1) is 11.3 Å². The molecule has 0 radical (unpaired) electrons. The van der Waals surface area contributed by atoms with E-state index in [0.717, 1.165) is 25.2 Å². The predicted octanol–water partition coefficient (Wildman–Crippen LogP) is 5.65. The van der Waals surface area contributed by atoms with Crippen molar-refractivity contribution in [1.29, 1.82) is 0 Å². The van der Waals surface area contributed by atoms with Crippen LogP contribution < -0.4 is 5.32 Å². The maximum absolute atomic E-state index is 12.9. The predicted molar refractivity (Wildman–Crippen MR) is 106 cm³/mol. The zero-order chi connectivity index (χ0) is 17.7. The van der Waals surface area contributed by atoms with Crippen LogP contribution in [0.5, 0.6) is 0 Å². The van der Waals surface area contributed by atoms with Crippen molar-refractivity contribution >= 4 is 49.7 Å². The highest BCUT2D eigenvalue weighted by molar-refractivity contribution is 14.1. The van der Waals surface area contributed by atoms with Gasteiger partial charge in [0.25, 0.3) is 0 Å². The van der Waals surface area contributed by atoms with E-state index in [-0.39, 0.29) is 5.54 Å². The lowest BCUT2D eigenvalue weighted by molar-refractivity contribution is -0.127. The summed E-state index contributed by atoms with van der Waals surface area (Å²) in [5, 5.41) is 4.32. The molecule has 0 spiro atoms. The van der Waals surface area contributed by atoms with Gasteiger partial charge in [-0.2, -0.15) is 13.2 Å². The second kappa shape index (κ2) is 6.56. The van der Waals surface area contributed by atoms with Gasteiger partial charge in [-0.3, -0.25) is 4.90 Å². The number of benzene rings is 1. The summed E-state index contributed by atoms with van der Waals surface area (Å²) in [6.07, 6.45) is -0.0947. The van der Waals surface area contributed by atoms with Gasteiger partial charge in [0.1, 0.15) is 0 Å². The smallest absolute Gasteiger partial charge is 0.382 e. The van der Waals surface area contributed by atoms with E-state index in [1.165, 1.54) is 50.1 Å². The summed E-state index contributed by atoms with van der Waals surface area (Å²) in [6.45, 7) is 3.24. The second-order valence-electron chi connectivity index (χ2n) is 7.10. The average molecular weight is 480 g/mol. The molecule has 0 bridgehead atoms. The number of halogens is 4. The number of nitrogens with zero attached hydrogens (tertiary/aromatic N) is 1. The molecule has 1 aromatic heterocycles. The lowest BCUT2D eigenvalue weighted by atomic mass is 9.94. The second-order valence-corrected chi connectivity index (χ2v) is 9.93. The minimum absolute atomic E-state index is 0.251. The van der Waals surface area contributed by atoms with Crippen molar-refractivity contribution in [3.8, 4) is 0 Å². The summed E-state index contributed by atoms with van der Waals surface area (Å²) in [5.74, 6) is 0. The first-order valence-corrected chi connectivity index (χ1v) is 10.5. The molecule has 2 aliphatic heterocycles. The van der Waals surface area contributed by atoms with Gasteiger partial charge in [-0.25, -0.2) is 0 Å². The Bertz CT molecular complexity index is 776. The number of anilines is 1. The highest BCUT2D eigenvalue weighted by Gasteiger charge is 2.43. The topological polar surface area (TPSA) is 15.3 Å². The molecule has 0 saturated carbocycles. The molecule has 2 aromatic rings. The van der Waals surface area contributed by atoms with E-state index in [1.54, 1.807) is 0 Å². The summed E-state index contributed by atoms with van der Waals surface area (Å²) >= 11 is 3.50. The molecule has 4 rings (SSSR count). The minimum atomic E-state index is -4.18. The molecule has 25 heavy (non-hydrogen) atoms. The van der Waals surface area contributed by atoms with Crippen LogP contribution in [0.4, 0.5) is 18.9 Å². The number of nitrogens with one attached hydrogen (secondary N) is 1. The van der Waals surface area contributed by atoms with Crippen molar-refractivity contribution in [2.45, 2.75) is 43.8 Å². The summed E-state index contributed by atoms with van der Waals surface area (Å²) in [5.41, 5.74) is 1.64. The van der Waals surface area contributed by atoms with Crippen LogP contribution in [-0.2, 0) is 6.42 Å². The van der Waals surface area contributed by atoms with Crippen LogP contribution in [0.3, 0.4) is 0 Å². The molecular formula is C18H20F3IN2S. The fourth-order valence-corrected chi connectivity index (χ4v) is 6.60. The van der Waals surface area contributed by atoms with E-state index >= 15 is 0 Å². The van der Waals surface area contributed by atoms with Crippen molar-refractivity contribution in [2.24, 2.45) is 0 Å². The van der Waals surface area contributed by atoms with E-state index < -0.39 is 12.6 Å².